The zero-order chi connectivity index (χ0) is 12.3. The standard InChI is InChI=1S/C10H11N7/c1-16(2)9-3-4-12-10(8(9)5-11)15-17-6-13-14-7-17/h3-4,6-7H,1-2H3,(H,12,15)/p+1. The quantitative estimate of drug-likeness (QED) is 0.719. The molecule has 0 radical (unpaired) electrons. The molecule has 2 heterocycles. The van der Waals surface area contributed by atoms with Crippen LogP contribution < -0.4 is 15.0 Å². The molecule has 0 atom stereocenters. The molecular formula is C10H12N7+. The van der Waals surface area contributed by atoms with Crippen molar-refractivity contribution in [3.63, 3.8) is 0 Å². The van der Waals surface area contributed by atoms with E-state index in [1.54, 1.807) is 29.6 Å². The summed E-state index contributed by atoms with van der Waals surface area (Å²) in [7, 11) is 3.76. The SMILES string of the molecule is CN(C)c1ccnc(N[n+]2cn[nH]c2)c1C#N. The molecule has 0 saturated carbocycles. The lowest BCUT2D eigenvalue weighted by molar-refractivity contribution is -0.643. The molecule has 2 aromatic rings. The topological polar surface area (TPSA) is 84.5 Å². The van der Waals surface area contributed by atoms with Crippen LogP contribution in [0, 0.1) is 11.3 Å². The van der Waals surface area contributed by atoms with Gasteiger partial charge in [0.1, 0.15) is 11.6 Å². The molecule has 0 aliphatic carbocycles. The van der Waals surface area contributed by atoms with Gasteiger partial charge in [-0.1, -0.05) is 0 Å². The average Bonchev–Trinajstić information content (AvgIpc) is 2.81. The number of hydrogen-bond donors (Lipinski definition) is 2. The summed E-state index contributed by atoms with van der Waals surface area (Å²) >= 11 is 0. The fourth-order valence-electron chi connectivity index (χ4n) is 1.43. The molecule has 0 amide bonds. The van der Waals surface area contributed by atoms with E-state index in [0.29, 0.717) is 11.4 Å². The second-order valence-corrected chi connectivity index (χ2v) is 3.58. The van der Waals surface area contributed by atoms with E-state index in [0.717, 1.165) is 5.69 Å². The molecule has 0 aromatic carbocycles. The summed E-state index contributed by atoms with van der Waals surface area (Å²) in [4.78, 5) is 6.01. The number of rotatable bonds is 3. The van der Waals surface area contributed by atoms with Crippen molar-refractivity contribution < 1.29 is 4.68 Å². The lowest BCUT2D eigenvalue weighted by Crippen LogP contribution is -2.40. The summed E-state index contributed by atoms with van der Waals surface area (Å²) in [6.07, 6.45) is 4.81. The first-order valence-electron chi connectivity index (χ1n) is 4.96. The van der Waals surface area contributed by atoms with Crippen molar-refractivity contribution in [3.05, 3.63) is 30.5 Å². The highest BCUT2D eigenvalue weighted by molar-refractivity contribution is 5.67. The second kappa shape index (κ2) is 4.49. The average molecular weight is 230 g/mol. The van der Waals surface area contributed by atoms with Crippen molar-refractivity contribution in [1.82, 2.24) is 15.2 Å². The van der Waals surface area contributed by atoms with Crippen molar-refractivity contribution in [2.24, 2.45) is 0 Å². The van der Waals surface area contributed by atoms with Gasteiger partial charge in [0.05, 0.1) is 5.69 Å². The van der Waals surface area contributed by atoms with E-state index < -0.39 is 0 Å². The van der Waals surface area contributed by atoms with Gasteiger partial charge in [0, 0.05) is 25.4 Å². The molecule has 86 valence electrons. The van der Waals surface area contributed by atoms with E-state index in [9.17, 15) is 5.26 Å². The van der Waals surface area contributed by atoms with Gasteiger partial charge >= 0.3 is 0 Å². The monoisotopic (exact) mass is 230 g/mol. The van der Waals surface area contributed by atoms with Gasteiger partial charge in [0.15, 0.2) is 5.82 Å². The van der Waals surface area contributed by atoms with Crippen LogP contribution in [0.25, 0.3) is 0 Å². The van der Waals surface area contributed by atoms with Crippen LogP contribution in [0.5, 0.6) is 0 Å². The first-order valence-corrected chi connectivity index (χ1v) is 4.96. The van der Waals surface area contributed by atoms with Gasteiger partial charge in [-0.2, -0.15) is 5.26 Å². The summed E-state index contributed by atoms with van der Waals surface area (Å²) in [6, 6.07) is 3.94. The highest BCUT2D eigenvalue weighted by Crippen LogP contribution is 2.22. The molecule has 0 bridgehead atoms. The number of H-pyrrole nitrogens is 1. The van der Waals surface area contributed by atoms with Crippen LogP contribution in [0.3, 0.4) is 0 Å². The van der Waals surface area contributed by atoms with Crippen molar-refractivity contribution >= 4 is 11.5 Å². The zero-order valence-electron chi connectivity index (χ0n) is 9.55. The molecule has 2 N–H and O–H groups in total. The minimum atomic E-state index is 0.491. The number of anilines is 2. The van der Waals surface area contributed by atoms with Crippen molar-refractivity contribution in [1.29, 1.82) is 5.26 Å². The molecule has 7 heteroatoms. The molecule has 0 saturated heterocycles. The number of aromatic amines is 1. The van der Waals surface area contributed by atoms with Crippen molar-refractivity contribution in [3.8, 4) is 6.07 Å². The molecule has 7 nitrogen and oxygen atoms in total. The second-order valence-electron chi connectivity index (χ2n) is 3.58. The first-order chi connectivity index (χ1) is 8.22. The lowest BCUT2D eigenvalue weighted by atomic mass is 10.2. The van der Waals surface area contributed by atoms with Gasteiger partial charge in [0.25, 0.3) is 6.33 Å². The van der Waals surface area contributed by atoms with Crippen LogP contribution in [0.1, 0.15) is 5.56 Å². The molecular weight excluding hydrogens is 218 g/mol. The number of nitrogens with one attached hydrogen (secondary N) is 2. The van der Waals surface area contributed by atoms with Gasteiger partial charge in [-0.3, -0.25) is 0 Å². The number of nitriles is 1. The number of hydrogen-bond acceptors (Lipinski definition) is 5. The first kappa shape index (κ1) is 10.9. The van der Waals surface area contributed by atoms with Crippen LogP contribution >= 0.6 is 0 Å². The van der Waals surface area contributed by atoms with E-state index in [-0.39, 0.29) is 0 Å². The van der Waals surface area contributed by atoms with E-state index in [1.807, 2.05) is 19.0 Å². The fraction of sp³-hybridized carbons (Fsp3) is 0.200. The Labute approximate surface area is 98.3 Å². The van der Waals surface area contributed by atoms with Crippen LogP contribution in [-0.2, 0) is 0 Å². The Morgan fingerprint density at radius 1 is 1.53 bits per heavy atom. The maximum atomic E-state index is 9.19. The number of pyridine rings is 1. The van der Waals surface area contributed by atoms with Gasteiger partial charge in [-0.05, 0) is 6.07 Å². The number of nitrogens with zero attached hydrogens (tertiary/aromatic N) is 5. The fourth-order valence-corrected chi connectivity index (χ4v) is 1.43. The van der Waals surface area contributed by atoms with E-state index in [2.05, 4.69) is 26.7 Å². The predicted molar refractivity (Wildman–Crippen MR) is 61.1 cm³/mol. The lowest BCUT2D eigenvalue weighted by Gasteiger charge is -2.15. The Morgan fingerprint density at radius 3 is 2.94 bits per heavy atom. The maximum Gasteiger partial charge on any atom is 0.286 e. The van der Waals surface area contributed by atoms with Gasteiger partial charge in [-0.15, -0.1) is 9.77 Å². The summed E-state index contributed by atoms with van der Waals surface area (Å²) in [5.41, 5.74) is 4.27. The molecule has 0 fully saturated rings. The van der Waals surface area contributed by atoms with Gasteiger partial charge < -0.3 is 4.90 Å². The molecule has 2 aromatic heterocycles. The third-order valence-corrected chi connectivity index (χ3v) is 2.21. The van der Waals surface area contributed by atoms with Crippen LogP contribution in [0.15, 0.2) is 24.9 Å². The molecule has 17 heavy (non-hydrogen) atoms. The summed E-state index contributed by atoms with van der Waals surface area (Å²) in [5, 5.41) is 15.6. The highest BCUT2D eigenvalue weighted by atomic mass is 15.5. The van der Waals surface area contributed by atoms with Crippen LogP contribution in [0.4, 0.5) is 11.5 Å². The largest absolute Gasteiger partial charge is 0.376 e. The molecule has 0 aliphatic rings. The minimum Gasteiger partial charge on any atom is -0.376 e. The zero-order valence-corrected chi connectivity index (χ0v) is 9.55. The van der Waals surface area contributed by atoms with Gasteiger partial charge in [0.2, 0.25) is 6.33 Å². The van der Waals surface area contributed by atoms with Crippen LogP contribution in [0.2, 0.25) is 0 Å². The Balaban J connectivity index is 2.41. The number of aromatic nitrogens is 4. The highest BCUT2D eigenvalue weighted by Gasteiger charge is 2.12. The van der Waals surface area contributed by atoms with E-state index in [4.69, 9.17) is 0 Å². The summed E-state index contributed by atoms with van der Waals surface area (Å²) in [6.45, 7) is 0. The normalized spacial score (nSPS) is 9.71. The van der Waals surface area contributed by atoms with E-state index in [1.165, 1.54) is 0 Å². The Kier molecular flexibility index (Phi) is 2.87. The molecule has 0 aliphatic heterocycles. The summed E-state index contributed by atoms with van der Waals surface area (Å²) in [5.74, 6) is 0.491. The van der Waals surface area contributed by atoms with E-state index >= 15 is 0 Å². The van der Waals surface area contributed by atoms with Gasteiger partial charge in [-0.25, -0.2) is 10.4 Å². The third kappa shape index (κ3) is 2.15. The van der Waals surface area contributed by atoms with Crippen molar-refractivity contribution in [2.45, 2.75) is 0 Å². The van der Waals surface area contributed by atoms with Crippen LogP contribution in [-0.4, -0.2) is 29.3 Å². The van der Waals surface area contributed by atoms with Crippen molar-refractivity contribution in [2.75, 3.05) is 24.4 Å². The smallest absolute Gasteiger partial charge is 0.286 e. The summed E-state index contributed by atoms with van der Waals surface area (Å²) < 4.78 is 1.59. The predicted octanol–water partition coefficient (Wildman–Crippen LogP) is -0.0949. The Morgan fingerprint density at radius 2 is 2.35 bits per heavy atom. The molecule has 0 unspecified atom stereocenters. The third-order valence-electron chi connectivity index (χ3n) is 2.21. The molecule has 2 rings (SSSR count). The molecule has 0 spiro atoms. The minimum absolute atomic E-state index is 0.491. The Hall–Kier alpha value is -2.62. The Bertz CT molecular complexity index is 538. The maximum absolute atomic E-state index is 9.19.